The van der Waals surface area contributed by atoms with Crippen LogP contribution in [-0.4, -0.2) is 36.5 Å². The van der Waals surface area contributed by atoms with Crippen LogP contribution in [0.5, 0.6) is 0 Å². The van der Waals surface area contributed by atoms with Gasteiger partial charge in [0, 0.05) is 33.7 Å². The molecule has 0 spiro atoms. The van der Waals surface area contributed by atoms with E-state index in [-0.39, 0.29) is 6.03 Å². The Balaban J connectivity index is 2.74. The van der Waals surface area contributed by atoms with Crippen LogP contribution in [0.15, 0.2) is 24.3 Å². The van der Waals surface area contributed by atoms with Gasteiger partial charge in [-0.2, -0.15) is 0 Å². The van der Waals surface area contributed by atoms with E-state index in [0.29, 0.717) is 19.6 Å². The van der Waals surface area contributed by atoms with E-state index in [1.807, 2.05) is 38.2 Å². The lowest BCUT2D eigenvalue weighted by Gasteiger charge is -2.24. The van der Waals surface area contributed by atoms with Crippen LogP contribution in [0, 0.1) is 0 Å². The second kappa shape index (κ2) is 6.25. The Kier molecular flexibility index (Phi) is 4.97. The van der Waals surface area contributed by atoms with E-state index < -0.39 is 0 Å². The molecule has 1 rings (SSSR count). The first kappa shape index (κ1) is 13.5. The summed E-state index contributed by atoms with van der Waals surface area (Å²) < 4.78 is 0. The number of carbonyl (C=O) groups excluding carboxylic acids is 1. The van der Waals surface area contributed by atoms with Crippen LogP contribution in [0.3, 0.4) is 0 Å². The molecule has 2 amide bonds. The van der Waals surface area contributed by atoms with Crippen LogP contribution < -0.4 is 5.73 Å². The molecule has 0 aliphatic carbocycles. The molecule has 0 saturated carbocycles. The Labute approximate surface area is 103 Å². The van der Waals surface area contributed by atoms with Gasteiger partial charge in [-0.25, -0.2) is 4.79 Å². The second-order valence-corrected chi connectivity index (χ2v) is 4.13. The molecule has 17 heavy (non-hydrogen) atoms. The lowest BCUT2D eigenvalue weighted by atomic mass is 10.1. The zero-order valence-corrected chi connectivity index (χ0v) is 10.8. The van der Waals surface area contributed by atoms with Gasteiger partial charge in [0.15, 0.2) is 0 Å². The number of rotatable bonds is 4. The summed E-state index contributed by atoms with van der Waals surface area (Å²) in [6, 6.07) is 7.97. The first-order valence-electron chi connectivity index (χ1n) is 5.83. The van der Waals surface area contributed by atoms with Gasteiger partial charge in [-0.3, -0.25) is 0 Å². The van der Waals surface area contributed by atoms with E-state index >= 15 is 0 Å². The third-order valence-corrected chi connectivity index (χ3v) is 2.87. The minimum atomic E-state index is 0.0272. The van der Waals surface area contributed by atoms with Crippen molar-refractivity contribution < 1.29 is 4.79 Å². The average Bonchev–Trinajstić information content (AvgIpc) is 2.37. The van der Waals surface area contributed by atoms with Crippen LogP contribution in [0.2, 0.25) is 0 Å². The summed E-state index contributed by atoms with van der Waals surface area (Å²) in [6.45, 7) is 3.76. The summed E-state index contributed by atoms with van der Waals surface area (Å²) >= 11 is 0. The van der Waals surface area contributed by atoms with Crippen molar-refractivity contribution >= 4 is 6.03 Å². The van der Waals surface area contributed by atoms with Crippen LogP contribution in [-0.2, 0) is 13.1 Å². The monoisotopic (exact) mass is 235 g/mol. The molecule has 0 radical (unpaired) electrons. The van der Waals surface area contributed by atoms with E-state index in [2.05, 4.69) is 0 Å². The molecule has 1 aromatic rings. The number of urea groups is 1. The third kappa shape index (κ3) is 3.46. The molecule has 0 fully saturated rings. The van der Waals surface area contributed by atoms with Gasteiger partial charge >= 0.3 is 6.03 Å². The zero-order chi connectivity index (χ0) is 12.8. The minimum Gasteiger partial charge on any atom is -0.328 e. The molecule has 0 aromatic heterocycles. The highest BCUT2D eigenvalue weighted by molar-refractivity contribution is 5.73. The number of nitrogens with zero attached hydrogens (tertiary/aromatic N) is 2. The third-order valence-electron chi connectivity index (χ3n) is 2.87. The molecule has 0 atom stereocenters. The first-order valence-corrected chi connectivity index (χ1v) is 5.83. The van der Waals surface area contributed by atoms with Crippen LogP contribution >= 0.6 is 0 Å². The fourth-order valence-electron chi connectivity index (χ4n) is 1.66. The number of benzene rings is 1. The van der Waals surface area contributed by atoms with Gasteiger partial charge < -0.3 is 15.5 Å². The van der Waals surface area contributed by atoms with E-state index in [1.54, 1.807) is 16.8 Å². The maximum atomic E-state index is 11.9. The van der Waals surface area contributed by atoms with E-state index in [9.17, 15) is 4.79 Å². The molecule has 0 bridgehead atoms. The zero-order valence-electron chi connectivity index (χ0n) is 10.8. The smallest absolute Gasteiger partial charge is 0.319 e. The topological polar surface area (TPSA) is 49.6 Å². The summed E-state index contributed by atoms with van der Waals surface area (Å²) in [5.74, 6) is 0. The summed E-state index contributed by atoms with van der Waals surface area (Å²) in [7, 11) is 3.61. The molecule has 0 saturated heterocycles. The van der Waals surface area contributed by atoms with Gasteiger partial charge in [-0.1, -0.05) is 24.3 Å². The number of hydrogen-bond acceptors (Lipinski definition) is 2. The predicted octanol–water partition coefficient (Wildman–Crippen LogP) is 1.65. The van der Waals surface area contributed by atoms with Gasteiger partial charge in [0.05, 0.1) is 0 Å². The van der Waals surface area contributed by atoms with Crippen LogP contribution in [0.4, 0.5) is 4.79 Å². The predicted molar refractivity (Wildman–Crippen MR) is 69.5 cm³/mol. The standard InChI is InChI=1S/C13H21N3O/c1-4-15(2)13(17)16(3)10-12-8-6-5-7-11(12)9-14/h5-8H,4,9-10,14H2,1-3H3. The summed E-state index contributed by atoms with van der Waals surface area (Å²) in [5.41, 5.74) is 7.87. The van der Waals surface area contributed by atoms with Crippen molar-refractivity contribution in [1.29, 1.82) is 0 Å². The SMILES string of the molecule is CCN(C)C(=O)N(C)Cc1ccccc1CN. The second-order valence-electron chi connectivity index (χ2n) is 4.13. The Morgan fingerprint density at radius 1 is 1.18 bits per heavy atom. The Hall–Kier alpha value is -1.55. The molecule has 0 heterocycles. The molecular formula is C13H21N3O. The molecule has 94 valence electrons. The lowest BCUT2D eigenvalue weighted by molar-refractivity contribution is 0.173. The van der Waals surface area contributed by atoms with E-state index in [1.165, 1.54) is 0 Å². The van der Waals surface area contributed by atoms with Crippen molar-refractivity contribution in [2.24, 2.45) is 5.73 Å². The van der Waals surface area contributed by atoms with Crippen LogP contribution in [0.25, 0.3) is 0 Å². The Morgan fingerprint density at radius 3 is 2.29 bits per heavy atom. The molecule has 4 heteroatoms. The van der Waals surface area contributed by atoms with Crippen molar-refractivity contribution in [1.82, 2.24) is 9.80 Å². The lowest BCUT2D eigenvalue weighted by Crippen LogP contribution is -2.38. The summed E-state index contributed by atoms with van der Waals surface area (Å²) in [6.07, 6.45) is 0. The number of carbonyl (C=O) groups is 1. The van der Waals surface area contributed by atoms with Gasteiger partial charge in [0.25, 0.3) is 0 Å². The van der Waals surface area contributed by atoms with Crippen molar-refractivity contribution in [2.45, 2.75) is 20.0 Å². The Bertz CT molecular complexity index is 379. The van der Waals surface area contributed by atoms with Crippen molar-refractivity contribution in [3.8, 4) is 0 Å². The molecule has 1 aromatic carbocycles. The molecule has 0 aliphatic rings. The molecule has 0 unspecified atom stereocenters. The highest BCUT2D eigenvalue weighted by Crippen LogP contribution is 2.11. The number of nitrogens with two attached hydrogens (primary N) is 1. The average molecular weight is 235 g/mol. The number of hydrogen-bond donors (Lipinski definition) is 1. The van der Waals surface area contributed by atoms with Gasteiger partial charge in [0.1, 0.15) is 0 Å². The first-order chi connectivity index (χ1) is 8.10. The largest absolute Gasteiger partial charge is 0.328 e. The number of amides is 2. The maximum Gasteiger partial charge on any atom is 0.319 e. The fourth-order valence-corrected chi connectivity index (χ4v) is 1.66. The molecule has 0 aliphatic heterocycles. The Morgan fingerprint density at radius 2 is 1.76 bits per heavy atom. The maximum absolute atomic E-state index is 11.9. The quantitative estimate of drug-likeness (QED) is 0.862. The van der Waals surface area contributed by atoms with Crippen LogP contribution in [0.1, 0.15) is 18.1 Å². The van der Waals surface area contributed by atoms with E-state index in [0.717, 1.165) is 11.1 Å². The summed E-state index contributed by atoms with van der Waals surface area (Å²) in [5, 5.41) is 0. The molecule has 2 N–H and O–H groups in total. The highest BCUT2D eigenvalue weighted by Gasteiger charge is 2.13. The van der Waals surface area contributed by atoms with Gasteiger partial charge in [-0.15, -0.1) is 0 Å². The highest BCUT2D eigenvalue weighted by atomic mass is 16.2. The van der Waals surface area contributed by atoms with Crippen molar-refractivity contribution in [3.63, 3.8) is 0 Å². The normalized spacial score (nSPS) is 10.1. The van der Waals surface area contributed by atoms with Crippen molar-refractivity contribution in [2.75, 3.05) is 20.6 Å². The van der Waals surface area contributed by atoms with Gasteiger partial charge in [-0.05, 0) is 18.1 Å². The van der Waals surface area contributed by atoms with E-state index in [4.69, 9.17) is 5.73 Å². The van der Waals surface area contributed by atoms with Crippen molar-refractivity contribution in [3.05, 3.63) is 35.4 Å². The minimum absolute atomic E-state index is 0.0272. The fraction of sp³-hybridized carbons (Fsp3) is 0.462. The van der Waals surface area contributed by atoms with Gasteiger partial charge in [0.2, 0.25) is 0 Å². The molecule has 4 nitrogen and oxygen atoms in total. The molecular weight excluding hydrogens is 214 g/mol. The summed E-state index contributed by atoms with van der Waals surface area (Å²) in [4.78, 5) is 15.3.